The second-order valence-electron chi connectivity index (χ2n) is 8.27. The monoisotopic (exact) mass is 424 g/mol. The summed E-state index contributed by atoms with van der Waals surface area (Å²) in [6.07, 6.45) is 0.262. The maximum absolute atomic E-state index is 12.9. The lowest BCUT2D eigenvalue weighted by Crippen LogP contribution is -2.42. The van der Waals surface area contributed by atoms with Crippen LogP contribution in [0.25, 0.3) is 0 Å². The third-order valence-corrected chi connectivity index (χ3v) is 6.34. The van der Waals surface area contributed by atoms with Gasteiger partial charge in [0.05, 0.1) is 18.8 Å². The van der Waals surface area contributed by atoms with Crippen LogP contribution < -0.4 is 10.1 Å². The zero-order chi connectivity index (χ0) is 22.0. The van der Waals surface area contributed by atoms with E-state index in [-0.39, 0.29) is 23.8 Å². The number of fused-ring (bicyclic) bond motifs is 1. The number of carbonyl (C=O) groups is 2. The molecule has 1 heterocycles. The Bertz CT molecular complexity index is 945. The minimum atomic E-state index is -0.618. The topological polar surface area (TPSA) is 88.1 Å². The molecule has 4 rings (SSSR count). The van der Waals surface area contributed by atoms with Crippen LogP contribution in [-0.4, -0.2) is 61.3 Å². The van der Waals surface area contributed by atoms with Crippen LogP contribution in [-0.2, 0) is 4.74 Å². The van der Waals surface area contributed by atoms with Crippen molar-refractivity contribution in [1.82, 2.24) is 4.90 Å². The number of aliphatic hydroxyl groups is 1. The van der Waals surface area contributed by atoms with Crippen molar-refractivity contribution >= 4 is 17.6 Å². The lowest BCUT2D eigenvalue weighted by atomic mass is 9.78. The van der Waals surface area contributed by atoms with Gasteiger partial charge in [-0.3, -0.25) is 4.79 Å². The van der Waals surface area contributed by atoms with Crippen LogP contribution in [0, 0.1) is 11.8 Å². The van der Waals surface area contributed by atoms with Crippen molar-refractivity contribution < 1.29 is 24.2 Å². The molecule has 1 aliphatic heterocycles. The lowest BCUT2D eigenvalue weighted by Gasteiger charge is -2.35. The zero-order valence-electron chi connectivity index (χ0n) is 17.8. The van der Waals surface area contributed by atoms with Crippen LogP contribution in [0.2, 0.25) is 0 Å². The van der Waals surface area contributed by atoms with Gasteiger partial charge in [0.1, 0.15) is 11.9 Å². The van der Waals surface area contributed by atoms with E-state index in [0.29, 0.717) is 42.8 Å². The molecule has 1 amide bonds. The summed E-state index contributed by atoms with van der Waals surface area (Å²) in [5.74, 6) is 0.660. The van der Waals surface area contributed by atoms with E-state index in [1.807, 2.05) is 36.2 Å². The fraction of sp³-hybridized carbons (Fsp3) is 0.417. The molecule has 1 saturated carbocycles. The number of anilines is 1. The Morgan fingerprint density at radius 3 is 2.42 bits per heavy atom. The van der Waals surface area contributed by atoms with E-state index in [2.05, 4.69) is 5.32 Å². The van der Waals surface area contributed by atoms with Crippen molar-refractivity contribution in [2.75, 3.05) is 32.6 Å². The average Bonchev–Trinajstić information content (AvgIpc) is 3.21. The smallest absolute Gasteiger partial charge is 0.337 e. The van der Waals surface area contributed by atoms with Crippen molar-refractivity contribution in [3.05, 3.63) is 59.7 Å². The number of benzene rings is 2. The Morgan fingerprint density at radius 2 is 1.74 bits per heavy atom. The first-order valence-corrected chi connectivity index (χ1v) is 10.6. The first-order chi connectivity index (χ1) is 15.0. The van der Waals surface area contributed by atoms with Crippen molar-refractivity contribution in [2.24, 2.45) is 11.8 Å². The fourth-order valence-electron chi connectivity index (χ4n) is 4.63. The molecule has 2 aliphatic rings. The van der Waals surface area contributed by atoms with Gasteiger partial charge in [-0.05, 0) is 67.1 Å². The van der Waals surface area contributed by atoms with Gasteiger partial charge in [-0.15, -0.1) is 0 Å². The molecule has 7 heteroatoms. The Balaban J connectivity index is 1.41. The quantitative estimate of drug-likeness (QED) is 0.718. The molecule has 2 aromatic rings. The lowest BCUT2D eigenvalue weighted by molar-refractivity contribution is -0.0231. The van der Waals surface area contributed by atoms with Gasteiger partial charge in [-0.25, -0.2) is 4.79 Å². The van der Waals surface area contributed by atoms with Crippen molar-refractivity contribution in [3.63, 3.8) is 0 Å². The summed E-state index contributed by atoms with van der Waals surface area (Å²) in [5, 5.41) is 13.7. The first-order valence-electron chi connectivity index (χ1n) is 10.6. The summed E-state index contributed by atoms with van der Waals surface area (Å²) in [6.45, 7) is 1.31. The number of nitrogens with zero attached hydrogens (tertiary/aromatic N) is 1. The maximum Gasteiger partial charge on any atom is 0.337 e. The number of carbonyl (C=O) groups excluding carboxylic acids is 2. The predicted molar refractivity (Wildman–Crippen MR) is 116 cm³/mol. The van der Waals surface area contributed by atoms with Gasteiger partial charge in [0.2, 0.25) is 0 Å². The highest BCUT2D eigenvalue weighted by Crippen LogP contribution is 2.38. The summed E-state index contributed by atoms with van der Waals surface area (Å²) in [5.41, 5.74) is 2.04. The molecule has 0 unspecified atom stereocenters. The van der Waals surface area contributed by atoms with Crippen LogP contribution in [0.5, 0.6) is 5.75 Å². The largest absolute Gasteiger partial charge is 0.488 e. The normalized spacial score (nSPS) is 24.9. The first kappa shape index (κ1) is 21.2. The molecule has 4 atom stereocenters. The van der Waals surface area contributed by atoms with Gasteiger partial charge in [0.25, 0.3) is 5.91 Å². The minimum absolute atomic E-state index is 0.0230. The summed E-state index contributed by atoms with van der Waals surface area (Å²) >= 11 is 0. The van der Waals surface area contributed by atoms with E-state index in [0.717, 1.165) is 5.69 Å². The minimum Gasteiger partial charge on any atom is -0.488 e. The van der Waals surface area contributed by atoms with Crippen molar-refractivity contribution in [3.8, 4) is 5.75 Å². The number of amides is 1. The number of esters is 1. The molecule has 0 bridgehead atoms. The molecule has 0 radical (unpaired) electrons. The molecule has 0 spiro atoms. The number of aliphatic hydroxyl groups excluding tert-OH is 1. The van der Waals surface area contributed by atoms with E-state index in [4.69, 9.17) is 9.47 Å². The molecule has 0 aromatic heterocycles. The molecule has 164 valence electrons. The van der Waals surface area contributed by atoms with Crippen LogP contribution in [0.15, 0.2) is 48.5 Å². The fourth-order valence-corrected chi connectivity index (χ4v) is 4.63. The summed E-state index contributed by atoms with van der Waals surface area (Å²) in [4.78, 5) is 26.6. The second-order valence-corrected chi connectivity index (χ2v) is 8.27. The summed E-state index contributed by atoms with van der Waals surface area (Å²) < 4.78 is 10.8. The van der Waals surface area contributed by atoms with E-state index >= 15 is 0 Å². The van der Waals surface area contributed by atoms with Gasteiger partial charge in [0.15, 0.2) is 0 Å². The molecule has 7 nitrogen and oxygen atoms in total. The van der Waals surface area contributed by atoms with Crippen molar-refractivity contribution in [2.45, 2.75) is 25.0 Å². The van der Waals surface area contributed by atoms with Gasteiger partial charge >= 0.3 is 5.97 Å². The Morgan fingerprint density at radius 1 is 1.03 bits per heavy atom. The van der Waals surface area contributed by atoms with Gasteiger partial charge in [-0.1, -0.05) is 6.07 Å². The molecule has 2 fully saturated rings. The molecular formula is C24H28N2O5. The van der Waals surface area contributed by atoms with Gasteiger partial charge in [-0.2, -0.15) is 0 Å². The number of hydrogen-bond donors (Lipinski definition) is 2. The number of hydrogen-bond acceptors (Lipinski definition) is 6. The summed E-state index contributed by atoms with van der Waals surface area (Å²) in [6, 6.07) is 14.3. The number of ether oxygens (including phenoxy) is 2. The van der Waals surface area contributed by atoms with E-state index in [1.165, 1.54) is 7.11 Å². The van der Waals surface area contributed by atoms with E-state index in [9.17, 15) is 14.7 Å². The van der Waals surface area contributed by atoms with Gasteiger partial charge < -0.3 is 24.8 Å². The van der Waals surface area contributed by atoms with Crippen LogP contribution in [0.3, 0.4) is 0 Å². The van der Waals surface area contributed by atoms with Crippen LogP contribution in [0.1, 0.15) is 33.6 Å². The molecule has 2 N–H and O–H groups in total. The standard InChI is InChI=1S/C24H28N2O5/c1-25-19-8-6-15(7-9-19)23(28)26-13-17-11-21(27)22(12-18(17)14-26)31-20-5-3-4-16(10-20)24(29)30-2/h3-10,17-18,21-22,25,27H,11-14H2,1-2H3/t17-,18+,21+,22+/m0/s1. The highest BCUT2D eigenvalue weighted by atomic mass is 16.5. The Hall–Kier alpha value is -3.06. The second kappa shape index (κ2) is 8.98. The molecule has 1 aliphatic carbocycles. The number of likely N-dealkylation sites (tertiary alicyclic amines) is 1. The Labute approximate surface area is 182 Å². The highest BCUT2D eigenvalue weighted by molar-refractivity contribution is 5.94. The number of rotatable bonds is 5. The Kier molecular flexibility index (Phi) is 6.13. The summed E-state index contributed by atoms with van der Waals surface area (Å²) in [7, 11) is 3.18. The number of methoxy groups -OCH3 is 1. The predicted octanol–water partition coefficient (Wildman–Crippen LogP) is 2.81. The van der Waals surface area contributed by atoms with Crippen LogP contribution in [0.4, 0.5) is 5.69 Å². The van der Waals surface area contributed by atoms with Crippen molar-refractivity contribution in [1.29, 1.82) is 0 Å². The molecule has 2 aromatic carbocycles. The van der Waals surface area contributed by atoms with Gasteiger partial charge in [0, 0.05) is 31.4 Å². The van der Waals surface area contributed by atoms with Crippen LogP contribution >= 0.6 is 0 Å². The third-order valence-electron chi connectivity index (χ3n) is 6.34. The zero-order valence-corrected chi connectivity index (χ0v) is 17.8. The third kappa shape index (κ3) is 4.51. The molecular weight excluding hydrogens is 396 g/mol. The number of nitrogens with one attached hydrogen (secondary N) is 1. The highest BCUT2D eigenvalue weighted by Gasteiger charge is 2.44. The molecule has 31 heavy (non-hydrogen) atoms. The van der Waals surface area contributed by atoms with E-state index in [1.54, 1.807) is 24.3 Å². The molecule has 1 saturated heterocycles. The van der Waals surface area contributed by atoms with E-state index < -0.39 is 12.1 Å². The average molecular weight is 424 g/mol. The maximum atomic E-state index is 12.9. The SMILES string of the molecule is CNc1ccc(C(=O)N2C[C@H]3C[C@@H](Oc4cccc(C(=O)OC)c4)[C@H](O)C[C@H]3C2)cc1.